The van der Waals surface area contributed by atoms with E-state index in [2.05, 4.69) is 34.0 Å². The van der Waals surface area contributed by atoms with Crippen molar-refractivity contribution >= 4 is 40.3 Å². The molecule has 0 aromatic heterocycles. The normalized spacial score (nSPS) is 10.7. The van der Waals surface area contributed by atoms with Crippen molar-refractivity contribution in [1.82, 2.24) is 0 Å². The van der Waals surface area contributed by atoms with Gasteiger partial charge in [-0.25, -0.2) is 0 Å². The highest BCUT2D eigenvalue weighted by molar-refractivity contribution is 14.1. The highest BCUT2D eigenvalue weighted by Crippen LogP contribution is 2.25. The van der Waals surface area contributed by atoms with Crippen LogP contribution >= 0.6 is 22.6 Å². The number of carbonyl (C=O) groups excluding carboxylic acids is 1. The minimum Gasteiger partial charge on any atom is -0.488 e. The molecule has 1 amide bonds. The topological polar surface area (TPSA) is 85.9 Å². The molecule has 3 aromatic rings. The molecule has 158 valence electrons. The van der Waals surface area contributed by atoms with Crippen LogP contribution in [0.1, 0.15) is 27.8 Å². The number of hydrogen-bond acceptors (Lipinski definition) is 4. The molecule has 0 fully saturated rings. The number of aryl methyl sites for hydroxylation is 1. The first kappa shape index (κ1) is 23.1. The van der Waals surface area contributed by atoms with Gasteiger partial charge in [0.25, 0.3) is 5.91 Å². The number of nitrogens with zero attached hydrogens (tertiary/aromatic N) is 2. The molecule has 0 saturated carbocycles. The maximum absolute atomic E-state index is 12.6. The van der Waals surface area contributed by atoms with Gasteiger partial charge in [-0.3, -0.25) is 4.79 Å². The summed E-state index contributed by atoms with van der Waals surface area (Å²) in [5.74, 6) is 0.207. The van der Waals surface area contributed by atoms with Gasteiger partial charge in [-0.15, -0.1) is 0 Å². The number of nitriles is 2. The molecule has 0 atom stereocenters. The van der Waals surface area contributed by atoms with Crippen LogP contribution in [-0.2, 0) is 11.4 Å². The fraction of sp³-hybridized carbons (Fsp3) is 0.115. The zero-order valence-corrected chi connectivity index (χ0v) is 19.8. The van der Waals surface area contributed by atoms with E-state index in [-0.39, 0.29) is 12.2 Å². The lowest BCUT2D eigenvalue weighted by molar-refractivity contribution is -0.112. The Balaban J connectivity index is 1.75. The summed E-state index contributed by atoms with van der Waals surface area (Å²) in [6.45, 7) is 4.17. The van der Waals surface area contributed by atoms with Crippen LogP contribution < -0.4 is 10.1 Å². The molecule has 5 nitrogen and oxygen atoms in total. The summed E-state index contributed by atoms with van der Waals surface area (Å²) < 4.78 is 6.71. The number of amides is 1. The number of ether oxygens (including phenoxy) is 1. The van der Waals surface area contributed by atoms with Crippen LogP contribution in [0, 0.1) is 40.1 Å². The van der Waals surface area contributed by atoms with Gasteiger partial charge >= 0.3 is 0 Å². The molecule has 0 heterocycles. The van der Waals surface area contributed by atoms with Crippen LogP contribution in [0.15, 0.2) is 66.2 Å². The Morgan fingerprint density at radius 2 is 1.88 bits per heavy atom. The fourth-order valence-corrected chi connectivity index (χ4v) is 3.72. The van der Waals surface area contributed by atoms with Gasteiger partial charge in [0.05, 0.1) is 15.2 Å². The standard InChI is InChI=1S/C26H20IN3O2/c1-17-6-5-9-24(18(17)2)30-26(31)22(15-29)12-19-10-11-25(23(27)13-19)32-16-21-8-4-3-7-20(21)14-28/h3-13H,16H2,1-2H3,(H,30,31)/b22-12+. The second-order valence-electron chi connectivity index (χ2n) is 7.12. The second kappa shape index (κ2) is 10.6. The van der Waals surface area contributed by atoms with Crippen LogP contribution in [0.25, 0.3) is 6.08 Å². The van der Waals surface area contributed by atoms with Gasteiger partial charge in [-0.1, -0.05) is 36.4 Å². The molecule has 0 bridgehead atoms. The third-order valence-electron chi connectivity index (χ3n) is 5.01. The van der Waals surface area contributed by atoms with E-state index in [4.69, 9.17) is 4.74 Å². The van der Waals surface area contributed by atoms with Crippen molar-refractivity contribution < 1.29 is 9.53 Å². The number of benzene rings is 3. The lowest BCUT2D eigenvalue weighted by Gasteiger charge is -2.11. The van der Waals surface area contributed by atoms with E-state index in [1.807, 2.05) is 62.4 Å². The lowest BCUT2D eigenvalue weighted by Crippen LogP contribution is -2.14. The van der Waals surface area contributed by atoms with E-state index in [9.17, 15) is 15.3 Å². The van der Waals surface area contributed by atoms with Crippen molar-refractivity contribution in [3.05, 3.63) is 97.6 Å². The van der Waals surface area contributed by atoms with E-state index in [1.165, 1.54) is 0 Å². The number of rotatable bonds is 6. The summed E-state index contributed by atoms with van der Waals surface area (Å²) in [6, 6.07) is 22.5. The van der Waals surface area contributed by atoms with E-state index in [0.717, 1.165) is 20.3 Å². The van der Waals surface area contributed by atoms with Gasteiger partial charge in [0.1, 0.15) is 24.0 Å². The van der Waals surface area contributed by atoms with Gasteiger partial charge in [-0.2, -0.15) is 10.5 Å². The molecule has 32 heavy (non-hydrogen) atoms. The van der Waals surface area contributed by atoms with Crippen LogP contribution in [0.2, 0.25) is 0 Å². The molecular weight excluding hydrogens is 513 g/mol. The summed E-state index contributed by atoms with van der Waals surface area (Å²) in [7, 11) is 0. The molecule has 0 saturated heterocycles. The first-order chi connectivity index (χ1) is 15.4. The fourth-order valence-electron chi connectivity index (χ4n) is 3.03. The largest absolute Gasteiger partial charge is 0.488 e. The summed E-state index contributed by atoms with van der Waals surface area (Å²) in [6.07, 6.45) is 1.55. The predicted octanol–water partition coefficient (Wildman–Crippen LogP) is 5.90. The first-order valence-electron chi connectivity index (χ1n) is 9.82. The Morgan fingerprint density at radius 3 is 2.59 bits per heavy atom. The molecule has 0 aliphatic carbocycles. The van der Waals surface area contributed by atoms with Gasteiger partial charge in [0.2, 0.25) is 0 Å². The molecule has 0 spiro atoms. The van der Waals surface area contributed by atoms with Crippen LogP contribution in [0.4, 0.5) is 5.69 Å². The molecular formula is C26H20IN3O2. The molecule has 0 aliphatic rings. The summed E-state index contributed by atoms with van der Waals surface area (Å²) in [5.41, 5.74) is 4.83. The molecule has 0 unspecified atom stereocenters. The van der Waals surface area contributed by atoms with Crippen molar-refractivity contribution in [3.8, 4) is 17.9 Å². The van der Waals surface area contributed by atoms with Crippen LogP contribution in [0.5, 0.6) is 5.75 Å². The van der Waals surface area contributed by atoms with Crippen molar-refractivity contribution in [1.29, 1.82) is 10.5 Å². The third kappa shape index (κ3) is 5.54. The summed E-state index contributed by atoms with van der Waals surface area (Å²) in [5, 5.41) is 21.5. The third-order valence-corrected chi connectivity index (χ3v) is 5.85. The second-order valence-corrected chi connectivity index (χ2v) is 8.28. The molecule has 3 aromatic carbocycles. The minimum atomic E-state index is -0.454. The monoisotopic (exact) mass is 533 g/mol. The minimum absolute atomic E-state index is 0.0123. The number of halogens is 1. The highest BCUT2D eigenvalue weighted by atomic mass is 127. The van der Waals surface area contributed by atoms with Crippen molar-refractivity contribution in [2.24, 2.45) is 0 Å². The smallest absolute Gasteiger partial charge is 0.266 e. The average molecular weight is 533 g/mol. The van der Waals surface area contributed by atoms with Crippen molar-refractivity contribution in [2.45, 2.75) is 20.5 Å². The Morgan fingerprint density at radius 1 is 1.09 bits per heavy atom. The van der Waals surface area contributed by atoms with E-state index >= 15 is 0 Å². The van der Waals surface area contributed by atoms with Gasteiger partial charge in [0.15, 0.2) is 0 Å². The van der Waals surface area contributed by atoms with Crippen molar-refractivity contribution in [3.63, 3.8) is 0 Å². The predicted molar refractivity (Wildman–Crippen MR) is 133 cm³/mol. The number of hydrogen-bond donors (Lipinski definition) is 1. The molecule has 3 rings (SSSR count). The number of anilines is 1. The van der Waals surface area contributed by atoms with E-state index in [0.29, 0.717) is 22.6 Å². The maximum Gasteiger partial charge on any atom is 0.266 e. The summed E-state index contributed by atoms with van der Waals surface area (Å²) in [4.78, 5) is 12.6. The number of carbonyl (C=O) groups is 1. The molecule has 0 aliphatic heterocycles. The quantitative estimate of drug-likeness (QED) is 0.243. The number of nitrogens with one attached hydrogen (secondary N) is 1. The maximum atomic E-state index is 12.6. The zero-order valence-electron chi connectivity index (χ0n) is 17.6. The van der Waals surface area contributed by atoms with Crippen LogP contribution in [-0.4, -0.2) is 5.91 Å². The lowest BCUT2D eigenvalue weighted by atomic mass is 10.1. The van der Waals surface area contributed by atoms with Gasteiger partial charge in [-0.05, 0) is 83.5 Å². The van der Waals surface area contributed by atoms with Crippen molar-refractivity contribution in [2.75, 3.05) is 5.32 Å². The Hall–Kier alpha value is -3.62. The SMILES string of the molecule is Cc1cccc(NC(=O)/C(C#N)=C/c2ccc(OCc3ccccc3C#N)c(I)c2)c1C. The Kier molecular flexibility index (Phi) is 7.64. The van der Waals surface area contributed by atoms with Crippen LogP contribution in [0.3, 0.4) is 0 Å². The molecule has 6 heteroatoms. The molecule has 0 radical (unpaired) electrons. The van der Waals surface area contributed by atoms with Gasteiger partial charge in [0, 0.05) is 11.3 Å². The van der Waals surface area contributed by atoms with E-state index < -0.39 is 5.91 Å². The summed E-state index contributed by atoms with van der Waals surface area (Å²) >= 11 is 2.15. The molecule has 1 N–H and O–H groups in total. The average Bonchev–Trinajstić information content (AvgIpc) is 2.80. The Bertz CT molecular complexity index is 1280. The highest BCUT2D eigenvalue weighted by Gasteiger charge is 2.12. The van der Waals surface area contributed by atoms with E-state index in [1.54, 1.807) is 24.3 Å². The Labute approximate surface area is 201 Å². The van der Waals surface area contributed by atoms with Gasteiger partial charge < -0.3 is 10.1 Å². The first-order valence-corrected chi connectivity index (χ1v) is 10.9. The zero-order chi connectivity index (χ0) is 23.1.